The van der Waals surface area contributed by atoms with Crippen LogP contribution in [-0.2, 0) is 17.9 Å². The van der Waals surface area contributed by atoms with Crippen molar-refractivity contribution in [3.05, 3.63) is 94.4 Å². The number of hydrogen-bond donors (Lipinski definition) is 1. The predicted molar refractivity (Wildman–Crippen MR) is 130 cm³/mol. The summed E-state index contributed by atoms with van der Waals surface area (Å²) in [6.45, 7) is 2.18. The summed E-state index contributed by atoms with van der Waals surface area (Å²) in [6.07, 6.45) is 0. The van der Waals surface area contributed by atoms with Crippen LogP contribution in [0.3, 0.4) is 0 Å². The van der Waals surface area contributed by atoms with Crippen molar-refractivity contribution >= 4 is 22.5 Å². The zero-order valence-corrected chi connectivity index (χ0v) is 18.9. The number of ether oxygens (including phenoxy) is 1. The number of nitrogens with zero attached hydrogens (tertiary/aromatic N) is 4. The molecule has 170 valence electrons. The third-order valence-electron chi connectivity index (χ3n) is 5.66. The minimum absolute atomic E-state index is 0.140. The molecule has 0 fully saturated rings. The molecule has 0 aliphatic carbocycles. The highest BCUT2D eigenvalue weighted by atomic mass is 16.5. The molecule has 0 spiro atoms. The Morgan fingerprint density at radius 1 is 1.03 bits per heavy atom. The normalized spacial score (nSPS) is 11.1. The fraction of sp³-hybridized carbons (Fsp3) is 0.154. The Morgan fingerprint density at radius 3 is 2.68 bits per heavy atom. The number of nitrogens with one attached hydrogen (secondary N) is 1. The fourth-order valence-electron chi connectivity index (χ4n) is 3.98. The number of carbonyl (C=O) groups excluding carboxylic acids is 1. The van der Waals surface area contributed by atoms with Crippen molar-refractivity contribution in [2.45, 2.75) is 20.0 Å². The zero-order chi connectivity index (χ0) is 23.7. The van der Waals surface area contributed by atoms with Crippen LogP contribution in [0.4, 0.5) is 0 Å². The Balaban J connectivity index is 1.50. The summed E-state index contributed by atoms with van der Waals surface area (Å²) in [4.78, 5) is 30.8. The van der Waals surface area contributed by atoms with Gasteiger partial charge in [-0.2, -0.15) is 4.52 Å². The van der Waals surface area contributed by atoms with E-state index in [4.69, 9.17) is 4.74 Å². The quantitative estimate of drug-likeness (QED) is 0.426. The zero-order valence-electron chi connectivity index (χ0n) is 18.9. The number of amides is 1. The Kier molecular flexibility index (Phi) is 5.55. The Bertz CT molecular complexity index is 1590. The fourth-order valence-corrected chi connectivity index (χ4v) is 3.98. The summed E-state index contributed by atoms with van der Waals surface area (Å²) in [7, 11) is 1.60. The molecule has 0 radical (unpaired) electrons. The average Bonchev–Trinajstić information content (AvgIpc) is 3.32. The van der Waals surface area contributed by atoms with Crippen LogP contribution < -0.4 is 15.7 Å². The maximum atomic E-state index is 13.4. The van der Waals surface area contributed by atoms with Gasteiger partial charge in [0.25, 0.3) is 0 Å². The highest BCUT2D eigenvalue weighted by molar-refractivity contribution is 5.92. The van der Waals surface area contributed by atoms with E-state index in [1.807, 2.05) is 79.7 Å². The largest absolute Gasteiger partial charge is 0.497 e. The topological polar surface area (TPSA) is 90.5 Å². The number of para-hydroxylation sites is 1. The number of carbonyl (C=O) groups is 1. The van der Waals surface area contributed by atoms with Crippen LogP contribution in [0.2, 0.25) is 0 Å². The lowest BCUT2D eigenvalue weighted by atomic mass is 10.1. The molecule has 5 rings (SSSR count). The Morgan fingerprint density at radius 2 is 1.85 bits per heavy atom. The molecule has 8 nitrogen and oxygen atoms in total. The molecule has 0 bridgehead atoms. The van der Waals surface area contributed by atoms with Crippen LogP contribution in [0, 0.1) is 6.92 Å². The van der Waals surface area contributed by atoms with Gasteiger partial charge >= 0.3 is 5.69 Å². The lowest BCUT2D eigenvalue weighted by Crippen LogP contribution is -2.35. The molecule has 1 N–H and O–H groups in total. The summed E-state index contributed by atoms with van der Waals surface area (Å²) < 4.78 is 7.93. The SMILES string of the molecule is COc1cccc(CNC(=O)Cn2c(=O)n3nc(-c4cccc(C)c4)nc3c3ccccc32)c1. The van der Waals surface area contributed by atoms with Crippen molar-refractivity contribution in [3.63, 3.8) is 0 Å². The molecule has 2 aromatic heterocycles. The van der Waals surface area contributed by atoms with Crippen LogP contribution in [0.5, 0.6) is 5.75 Å². The average molecular weight is 454 g/mol. The third-order valence-corrected chi connectivity index (χ3v) is 5.66. The molecule has 0 saturated carbocycles. The van der Waals surface area contributed by atoms with E-state index >= 15 is 0 Å². The number of aromatic nitrogens is 4. The van der Waals surface area contributed by atoms with Gasteiger partial charge < -0.3 is 10.1 Å². The number of hydrogen-bond acceptors (Lipinski definition) is 5. The second-order valence-corrected chi connectivity index (χ2v) is 8.05. The van der Waals surface area contributed by atoms with Gasteiger partial charge in [0.2, 0.25) is 5.91 Å². The van der Waals surface area contributed by atoms with E-state index in [2.05, 4.69) is 15.4 Å². The smallest absolute Gasteiger partial charge is 0.351 e. The van der Waals surface area contributed by atoms with Crippen molar-refractivity contribution in [1.29, 1.82) is 0 Å². The molecule has 3 aromatic carbocycles. The maximum Gasteiger partial charge on any atom is 0.351 e. The molecule has 8 heteroatoms. The molecule has 34 heavy (non-hydrogen) atoms. The van der Waals surface area contributed by atoms with Crippen LogP contribution in [0.25, 0.3) is 27.9 Å². The van der Waals surface area contributed by atoms with Crippen molar-refractivity contribution in [1.82, 2.24) is 24.5 Å². The number of rotatable bonds is 6. The van der Waals surface area contributed by atoms with Crippen LogP contribution >= 0.6 is 0 Å². The number of fused-ring (bicyclic) bond motifs is 3. The minimum Gasteiger partial charge on any atom is -0.497 e. The molecular weight excluding hydrogens is 430 g/mol. The first kappa shape index (κ1) is 21.4. The molecule has 0 aliphatic rings. The molecule has 0 aliphatic heterocycles. The van der Waals surface area contributed by atoms with Crippen molar-refractivity contribution in [2.75, 3.05) is 7.11 Å². The van der Waals surface area contributed by atoms with E-state index in [0.717, 1.165) is 27.8 Å². The molecule has 0 atom stereocenters. The highest BCUT2D eigenvalue weighted by Crippen LogP contribution is 2.21. The molecule has 0 unspecified atom stereocenters. The van der Waals surface area contributed by atoms with E-state index in [1.54, 1.807) is 7.11 Å². The van der Waals surface area contributed by atoms with Gasteiger partial charge in [0.1, 0.15) is 12.3 Å². The summed E-state index contributed by atoms with van der Waals surface area (Å²) >= 11 is 0. The van der Waals surface area contributed by atoms with Crippen LogP contribution in [-0.4, -0.2) is 32.2 Å². The van der Waals surface area contributed by atoms with Crippen LogP contribution in [0.1, 0.15) is 11.1 Å². The number of benzene rings is 3. The molecular formula is C26H23N5O3. The highest BCUT2D eigenvalue weighted by Gasteiger charge is 2.17. The lowest BCUT2D eigenvalue weighted by molar-refractivity contribution is -0.121. The number of methoxy groups -OCH3 is 1. The standard InChI is InChI=1S/C26H23N5O3/c1-17-7-5-9-19(13-17)24-28-25-21-11-3-4-12-22(21)30(26(33)31(25)29-24)16-23(32)27-15-18-8-6-10-20(14-18)34-2/h3-14H,15-16H2,1-2H3,(H,27,32). The second kappa shape index (κ2) is 8.82. The van der Waals surface area contributed by atoms with E-state index in [9.17, 15) is 9.59 Å². The van der Waals surface area contributed by atoms with Gasteiger partial charge in [0.15, 0.2) is 11.5 Å². The van der Waals surface area contributed by atoms with E-state index in [1.165, 1.54) is 9.08 Å². The van der Waals surface area contributed by atoms with Gasteiger partial charge in [0, 0.05) is 17.5 Å². The van der Waals surface area contributed by atoms with Gasteiger partial charge in [-0.05, 0) is 42.8 Å². The molecule has 1 amide bonds. The van der Waals surface area contributed by atoms with Gasteiger partial charge in [-0.3, -0.25) is 9.36 Å². The first-order valence-electron chi connectivity index (χ1n) is 10.9. The summed E-state index contributed by atoms with van der Waals surface area (Å²) in [5, 5.41) is 8.10. The minimum atomic E-state index is -0.420. The van der Waals surface area contributed by atoms with Gasteiger partial charge in [0.05, 0.1) is 12.6 Å². The molecule has 2 heterocycles. The Hall–Kier alpha value is -4.46. The first-order chi connectivity index (χ1) is 16.5. The van der Waals surface area contributed by atoms with E-state index in [0.29, 0.717) is 23.5 Å². The first-order valence-corrected chi connectivity index (χ1v) is 10.9. The lowest BCUT2D eigenvalue weighted by Gasteiger charge is -2.11. The third kappa shape index (κ3) is 4.01. The van der Waals surface area contributed by atoms with Crippen LogP contribution in [0.15, 0.2) is 77.6 Å². The van der Waals surface area contributed by atoms with Crippen molar-refractivity contribution in [3.8, 4) is 17.1 Å². The van der Waals surface area contributed by atoms with E-state index in [-0.39, 0.29) is 12.5 Å². The summed E-state index contributed by atoms with van der Waals surface area (Å²) in [6, 6.07) is 22.7. The summed E-state index contributed by atoms with van der Waals surface area (Å²) in [5.41, 5.74) is 3.47. The van der Waals surface area contributed by atoms with Crippen molar-refractivity contribution in [2.24, 2.45) is 0 Å². The predicted octanol–water partition coefficient (Wildman–Crippen LogP) is 3.34. The van der Waals surface area contributed by atoms with Crippen molar-refractivity contribution < 1.29 is 9.53 Å². The monoisotopic (exact) mass is 453 g/mol. The maximum absolute atomic E-state index is 13.4. The summed E-state index contributed by atoms with van der Waals surface area (Å²) in [5.74, 6) is 0.898. The Labute approximate surface area is 195 Å². The second-order valence-electron chi connectivity index (χ2n) is 8.05. The van der Waals surface area contributed by atoms with Gasteiger partial charge in [-0.25, -0.2) is 9.78 Å². The van der Waals surface area contributed by atoms with Gasteiger partial charge in [-0.1, -0.05) is 48.0 Å². The molecule has 0 saturated heterocycles. The van der Waals surface area contributed by atoms with Gasteiger partial charge in [-0.15, -0.1) is 5.10 Å². The number of aryl methyl sites for hydroxylation is 1. The van der Waals surface area contributed by atoms with E-state index < -0.39 is 5.69 Å². The molecule has 5 aromatic rings.